The Labute approximate surface area is 112 Å². The largest absolute Gasteiger partial charge is 0.396 e. The third-order valence-corrected chi connectivity index (χ3v) is 3.37. The lowest BCUT2D eigenvalue weighted by atomic mass is 10.3. The molecule has 2 aromatic heterocycles. The smallest absolute Gasteiger partial charge is 0.246 e. The number of hydrogen-bond acceptors (Lipinski definition) is 5. The second kappa shape index (κ2) is 4.69. The van der Waals surface area contributed by atoms with E-state index in [-0.39, 0.29) is 12.5 Å². The fourth-order valence-corrected chi connectivity index (χ4v) is 2.46. The minimum absolute atomic E-state index is 0.137. The summed E-state index contributed by atoms with van der Waals surface area (Å²) in [5.74, 6) is -0.146. The summed E-state index contributed by atoms with van der Waals surface area (Å²) in [7, 11) is 0. The molecule has 7 heteroatoms. The van der Waals surface area contributed by atoms with E-state index in [9.17, 15) is 4.79 Å². The monoisotopic (exact) mass is 273 g/mol. The molecule has 6 nitrogen and oxygen atoms in total. The van der Waals surface area contributed by atoms with Gasteiger partial charge in [0.2, 0.25) is 5.91 Å². The highest BCUT2D eigenvalue weighted by molar-refractivity contribution is 7.16. The average molecular weight is 273 g/mol. The van der Waals surface area contributed by atoms with Crippen LogP contribution < -0.4 is 11.1 Å². The third-order valence-electron chi connectivity index (χ3n) is 2.57. The van der Waals surface area contributed by atoms with Crippen LogP contribution in [0.15, 0.2) is 36.1 Å². The maximum atomic E-state index is 11.8. The van der Waals surface area contributed by atoms with E-state index in [1.807, 2.05) is 18.2 Å². The van der Waals surface area contributed by atoms with Crippen LogP contribution in [0.2, 0.25) is 0 Å². The maximum absolute atomic E-state index is 11.8. The quantitative estimate of drug-likeness (QED) is 0.760. The van der Waals surface area contributed by atoms with Gasteiger partial charge in [0, 0.05) is 11.9 Å². The molecule has 0 aliphatic rings. The van der Waals surface area contributed by atoms with Gasteiger partial charge in [-0.1, -0.05) is 0 Å². The molecule has 19 heavy (non-hydrogen) atoms. The first kappa shape index (κ1) is 11.7. The van der Waals surface area contributed by atoms with Crippen molar-refractivity contribution in [3.05, 3.63) is 36.1 Å². The molecule has 3 rings (SSSR count). The van der Waals surface area contributed by atoms with Crippen LogP contribution in [0.4, 0.5) is 11.4 Å². The number of aromatic nitrogens is 3. The predicted molar refractivity (Wildman–Crippen MR) is 74.9 cm³/mol. The van der Waals surface area contributed by atoms with Crippen LogP contribution in [0, 0.1) is 0 Å². The molecular formula is C12H11N5OS. The molecule has 0 aliphatic heterocycles. The lowest BCUT2D eigenvalue weighted by Gasteiger charge is -2.05. The number of amides is 1. The molecule has 2 heterocycles. The first-order valence-corrected chi connectivity index (χ1v) is 6.50. The average Bonchev–Trinajstić information content (AvgIpc) is 2.97. The highest BCUT2D eigenvalue weighted by Gasteiger charge is 2.06. The van der Waals surface area contributed by atoms with E-state index in [1.54, 1.807) is 11.7 Å². The summed E-state index contributed by atoms with van der Waals surface area (Å²) >= 11 is 1.54. The molecule has 1 amide bonds. The van der Waals surface area contributed by atoms with Gasteiger partial charge in [0.15, 0.2) is 0 Å². The summed E-state index contributed by atoms with van der Waals surface area (Å²) in [6.45, 7) is 0.137. The van der Waals surface area contributed by atoms with Gasteiger partial charge in [-0.15, -0.1) is 11.3 Å². The highest BCUT2D eigenvalue weighted by atomic mass is 32.1. The van der Waals surface area contributed by atoms with E-state index >= 15 is 0 Å². The number of nitrogens with two attached hydrogens (primary N) is 1. The van der Waals surface area contributed by atoms with Crippen molar-refractivity contribution in [3.63, 3.8) is 0 Å². The Morgan fingerprint density at radius 3 is 3.16 bits per heavy atom. The normalized spacial score (nSPS) is 10.7. The Balaban J connectivity index is 1.71. The van der Waals surface area contributed by atoms with Crippen molar-refractivity contribution in [2.24, 2.45) is 0 Å². The minimum atomic E-state index is -0.146. The number of rotatable bonds is 3. The number of anilines is 2. The second-order valence-corrected chi connectivity index (χ2v) is 4.94. The maximum Gasteiger partial charge on any atom is 0.246 e. The third kappa shape index (κ3) is 2.55. The number of nitrogens with zero attached hydrogens (tertiary/aromatic N) is 3. The van der Waals surface area contributed by atoms with Gasteiger partial charge in [-0.25, -0.2) is 4.98 Å². The first-order valence-electron chi connectivity index (χ1n) is 5.62. The first-order chi connectivity index (χ1) is 9.20. The number of carbonyl (C=O) groups excluding carboxylic acids is 1. The SMILES string of the molecule is Nc1cnn(CC(=O)Nc2ccc3ncsc3c2)c1. The van der Waals surface area contributed by atoms with Gasteiger partial charge in [0.05, 0.1) is 27.6 Å². The number of hydrogen-bond donors (Lipinski definition) is 2. The molecule has 0 radical (unpaired) electrons. The zero-order chi connectivity index (χ0) is 13.2. The van der Waals surface area contributed by atoms with Crippen LogP contribution in [0.3, 0.4) is 0 Å². The summed E-state index contributed by atoms with van der Waals surface area (Å²) in [6, 6.07) is 5.62. The Kier molecular flexibility index (Phi) is 2.88. The summed E-state index contributed by atoms with van der Waals surface area (Å²) < 4.78 is 2.54. The number of nitrogens with one attached hydrogen (secondary N) is 1. The van der Waals surface area contributed by atoms with E-state index in [0.29, 0.717) is 5.69 Å². The van der Waals surface area contributed by atoms with E-state index in [1.165, 1.54) is 22.2 Å². The number of benzene rings is 1. The topological polar surface area (TPSA) is 85.8 Å². The van der Waals surface area contributed by atoms with Crippen LogP contribution in [0.25, 0.3) is 10.2 Å². The summed E-state index contributed by atoms with van der Waals surface area (Å²) in [5, 5.41) is 6.78. The van der Waals surface area contributed by atoms with Crippen LogP contribution >= 0.6 is 11.3 Å². The highest BCUT2D eigenvalue weighted by Crippen LogP contribution is 2.21. The van der Waals surface area contributed by atoms with Crippen LogP contribution in [0.1, 0.15) is 0 Å². The fraction of sp³-hybridized carbons (Fsp3) is 0.0833. The summed E-state index contributed by atoms with van der Waals surface area (Å²) in [5.41, 5.74) is 9.54. The van der Waals surface area contributed by atoms with Crippen LogP contribution in [-0.2, 0) is 11.3 Å². The molecule has 0 spiro atoms. The van der Waals surface area contributed by atoms with Gasteiger partial charge in [-0.3, -0.25) is 9.48 Å². The standard InChI is InChI=1S/C12H11N5OS/c13-8-4-15-17(5-8)6-12(18)16-9-1-2-10-11(3-9)19-7-14-10/h1-5,7H,6,13H2,(H,16,18). The van der Waals surface area contributed by atoms with Crippen LogP contribution in [-0.4, -0.2) is 20.7 Å². The Hall–Kier alpha value is -2.41. The van der Waals surface area contributed by atoms with Crippen molar-refractivity contribution in [2.75, 3.05) is 11.1 Å². The number of carbonyl (C=O) groups is 1. The summed E-state index contributed by atoms with van der Waals surface area (Å²) in [6.07, 6.45) is 3.13. The van der Waals surface area contributed by atoms with Crippen LogP contribution in [0.5, 0.6) is 0 Å². The molecule has 3 aromatic rings. The van der Waals surface area contributed by atoms with Crippen molar-refractivity contribution < 1.29 is 4.79 Å². The zero-order valence-electron chi connectivity index (χ0n) is 9.91. The van der Waals surface area contributed by atoms with Gasteiger partial charge >= 0.3 is 0 Å². The lowest BCUT2D eigenvalue weighted by Crippen LogP contribution is -2.18. The minimum Gasteiger partial charge on any atom is -0.396 e. The Morgan fingerprint density at radius 2 is 2.37 bits per heavy atom. The van der Waals surface area contributed by atoms with E-state index in [4.69, 9.17) is 5.73 Å². The van der Waals surface area contributed by atoms with Gasteiger partial charge in [-0.05, 0) is 18.2 Å². The molecule has 1 aromatic carbocycles. The molecule has 3 N–H and O–H groups in total. The van der Waals surface area contributed by atoms with E-state index < -0.39 is 0 Å². The molecule has 0 saturated heterocycles. The van der Waals surface area contributed by atoms with Gasteiger partial charge < -0.3 is 11.1 Å². The molecule has 0 atom stereocenters. The molecular weight excluding hydrogens is 262 g/mol. The number of fused-ring (bicyclic) bond motifs is 1. The molecule has 0 aliphatic carbocycles. The van der Waals surface area contributed by atoms with Gasteiger partial charge in [0.25, 0.3) is 0 Å². The Bertz CT molecular complexity index is 732. The van der Waals surface area contributed by atoms with Gasteiger partial charge in [0.1, 0.15) is 6.54 Å². The molecule has 0 saturated carbocycles. The predicted octanol–water partition coefficient (Wildman–Crippen LogP) is 1.71. The van der Waals surface area contributed by atoms with Crippen molar-refractivity contribution in [3.8, 4) is 0 Å². The van der Waals surface area contributed by atoms with Gasteiger partial charge in [-0.2, -0.15) is 5.10 Å². The fourth-order valence-electron chi connectivity index (χ4n) is 1.75. The second-order valence-electron chi connectivity index (χ2n) is 4.05. The van der Waals surface area contributed by atoms with Crippen molar-refractivity contribution in [1.82, 2.24) is 14.8 Å². The Morgan fingerprint density at radius 1 is 1.47 bits per heavy atom. The molecule has 0 fully saturated rings. The van der Waals surface area contributed by atoms with Crippen molar-refractivity contribution in [1.29, 1.82) is 0 Å². The number of nitrogen functional groups attached to an aromatic ring is 1. The lowest BCUT2D eigenvalue weighted by molar-refractivity contribution is -0.116. The molecule has 0 bridgehead atoms. The molecule has 0 unspecified atom stereocenters. The zero-order valence-corrected chi connectivity index (χ0v) is 10.7. The molecule has 96 valence electrons. The van der Waals surface area contributed by atoms with E-state index in [2.05, 4.69) is 15.4 Å². The van der Waals surface area contributed by atoms with Crippen molar-refractivity contribution in [2.45, 2.75) is 6.54 Å². The summed E-state index contributed by atoms with van der Waals surface area (Å²) in [4.78, 5) is 16.0. The number of thiazole rings is 1. The van der Waals surface area contributed by atoms with Crippen molar-refractivity contribution >= 4 is 38.8 Å². The van der Waals surface area contributed by atoms with E-state index in [0.717, 1.165) is 15.9 Å².